The second kappa shape index (κ2) is 6.82. The maximum Gasteiger partial charge on any atom is 0.343 e. The average Bonchev–Trinajstić information content (AvgIpc) is 2.61. The molecule has 2 unspecified atom stereocenters. The predicted octanol–water partition coefficient (Wildman–Crippen LogP) is 4.14. The molecule has 3 rings (SSSR count). The van der Waals surface area contributed by atoms with Gasteiger partial charge in [-0.05, 0) is 51.2 Å². The van der Waals surface area contributed by atoms with Crippen molar-refractivity contribution in [2.24, 2.45) is 0 Å². The highest BCUT2D eigenvalue weighted by Crippen LogP contribution is 2.35. The Labute approximate surface area is 147 Å². The number of fused-ring (bicyclic) bond motifs is 1. The highest BCUT2D eigenvalue weighted by molar-refractivity contribution is 5.96. The molecule has 1 aromatic heterocycles. The zero-order chi connectivity index (χ0) is 18.1. The van der Waals surface area contributed by atoms with Gasteiger partial charge in [-0.3, -0.25) is 0 Å². The molecule has 2 atom stereocenters. The van der Waals surface area contributed by atoms with Crippen LogP contribution < -0.4 is 5.63 Å². The van der Waals surface area contributed by atoms with Gasteiger partial charge in [0.2, 0.25) is 0 Å². The van der Waals surface area contributed by atoms with Crippen molar-refractivity contribution in [2.75, 3.05) is 14.1 Å². The molecule has 0 fully saturated rings. The monoisotopic (exact) mass is 337 g/mol. The van der Waals surface area contributed by atoms with E-state index in [1.54, 1.807) is 13.0 Å². The van der Waals surface area contributed by atoms with Gasteiger partial charge in [0.25, 0.3) is 0 Å². The van der Waals surface area contributed by atoms with Crippen LogP contribution in [0.25, 0.3) is 21.9 Å². The normalized spacial score (nSPS) is 14.0. The minimum absolute atomic E-state index is 0.247. The molecular formula is C21H23NO3. The number of hydrogen-bond acceptors (Lipinski definition) is 4. The fourth-order valence-electron chi connectivity index (χ4n) is 3.06. The van der Waals surface area contributed by atoms with E-state index < -0.39 is 11.7 Å². The first-order valence-electron chi connectivity index (χ1n) is 8.40. The van der Waals surface area contributed by atoms with Crippen molar-refractivity contribution in [1.82, 2.24) is 4.90 Å². The van der Waals surface area contributed by atoms with E-state index in [1.807, 2.05) is 44.4 Å². The Hall–Kier alpha value is -2.43. The second-order valence-electron chi connectivity index (χ2n) is 6.62. The van der Waals surface area contributed by atoms with Gasteiger partial charge in [-0.25, -0.2) is 4.79 Å². The Morgan fingerprint density at radius 3 is 2.32 bits per heavy atom. The lowest BCUT2D eigenvalue weighted by atomic mass is 9.94. The van der Waals surface area contributed by atoms with Crippen LogP contribution in [0.5, 0.6) is 0 Å². The summed E-state index contributed by atoms with van der Waals surface area (Å²) in [6, 6.07) is 15.8. The molecule has 4 heteroatoms. The van der Waals surface area contributed by atoms with Crippen LogP contribution in [-0.4, -0.2) is 24.1 Å². The third-order valence-electron chi connectivity index (χ3n) is 4.68. The van der Waals surface area contributed by atoms with Gasteiger partial charge in [0.1, 0.15) is 11.9 Å². The van der Waals surface area contributed by atoms with Crippen molar-refractivity contribution >= 4 is 10.8 Å². The Morgan fingerprint density at radius 1 is 1.00 bits per heavy atom. The third-order valence-corrected chi connectivity index (χ3v) is 4.68. The Kier molecular flexibility index (Phi) is 4.75. The molecule has 2 aromatic carbocycles. The van der Waals surface area contributed by atoms with Crippen molar-refractivity contribution in [3.8, 4) is 11.1 Å². The van der Waals surface area contributed by atoms with Crippen molar-refractivity contribution in [1.29, 1.82) is 0 Å². The molecule has 0 amide bonds. The zero-order valence-electron chi connectivity index (χ0n) is 15.0. The van der Waals surface area contributed by atoms with Gasteiger partial charge < -0.3 is 14.4 Å². The van der Waals surface area contributed by atoms with Crippen molar-refractivity contribution in [3.63, 3.8) is 0 Å². The number of hydrogen-bond donors (Lipinski definition) is 1. The minimum atomic E-state index is -0.873. The lowest BCUT2D eigenvalue weighted by Crippen LogP contribution is -2.16. The molecule has 0 saturated heterocycles. The molecule has 25 heavy (non-hydrogen) atoms. The largest absolute Gasteiger partial charge is 0.424 e. The Bertz CT molecular complexity index is 957. The number of aliphatic hydroxyl groups excluding tert-OH is 1. The molecule has 3 aromatic rings. The molecular weight excluding hydrogens is 314 g/mol. The maximum absolute atomic E-state index is 12.3. The standard InChI is InChI=1S/C21H23NO3/c1-13(22(3)4)15-8-7-9-16(12-15)19-17-10-5-6-11-18(17)21(24)25-20(19)14(2)23/h5-14,23H,1-4H3. The summed E-state index contributed by atoms with van der Waals surface area (Å²) >= 11 is 0. The Morgan fingerprint density at radius 2 is 1.68 bits per heavy atom. The van der Waals surface area contributed by atoms with Crippen LogP contribution in [0.1, 0.15) is 37.3 Å². The van der Waals surface area contributed by atoms with Crippen LogP contribution >= 0.6 is 0 Å². The second-order valence-corrected chi connectivity index (χ2v) is 6.62. The van der Waals surface area contributed by atoms with Gasteiger partial charge in [0.15, 0.2) is 0 Å². The molecule has 0 saturated carbocycles. The number of aliphatic hydroxyl groups is 1. The third kappa shape index (κ3) is 3.23. The SMILES string of the molecule is CC(O)c1oc(=O)c2ccccc2c1-c1cccc(C(C)N(C)C)c1. The summed E-state index contributed by atoms with van der Waals surface area (Å²) in [5, 5.41) is 11.5. The van der Waals surface area contributed by atoms with E-state index in [0.29, 0.717) is 11.1 Å². The van der Waals surface area contributed by atoms with Crippen molar-refractivity contribution in [3.05, 3.63) is 70.3 Å². The van der Waals surface area contributed by atoms with Crippen LogP contribution in [0.3, 0.4) is 0 Å². The molecule has 0 aliphatic carbocycles. The molecule has 4 nitrogen and oxygen atoms in total. The average molecular weight is 337 g/mol. The van der Waals surface area contributed by atoms with Gasteiger partial charge in [-0.1, -0.05) is 36.4 Å². The molecule has 0 aliphatic heterocycles. The predicted molar refractivity (Wildman–Crippen MR) is 101 cm³/mol. The summed E-state index contributed by atoms with van der Waals surface area (Å²) in [5.74, 6) is 0.304. The molecule has 1 N–H and O–H groups in total. The van der Waals surface area contributed by atoms with Crippen LogP contribution in [-0.2, 0) is 0 Å². The summed E-state index contributed by atoms with van der Waals surface area (Å²) < 4.78 is 5.47. The van der Waals surface area contributed by atoms with E-state index in [1.165, 1.54) is 0 Å². The van der Waals surface area contributed by atoms with Crippen LogP contribution in [0.4, 0.5) is 0 Å². The summed E-state index contributed by atoms with van der Waals surface area (Å²) in [6.45, 7) is 3.75. The van der Waals surface area contributed by atoms with Gasteiger partial charge in [-0.2, -0.15) is 0 Å². The molecule has 0 spiro atoms. The van der Waals surface area contributed by atoms with Crippen molar-refractivity contribution in [2.45, 2.75) is 26.0 Å². The van der Waals surface area contributed by atoms with E-state index in [4.69, 9.17) is 4.42 Å². The van der Waals surface area contributed by atoms with Gasteiger partial charge in [0, 0.05) is 17.0 Å². The van der Waals surface area contributed by atoms with Gasteiger partial charge >= 0.3 is 5.63 Å². The van der Waals surface area contributed by atoms with E-state index in [-0.39, 0.29) is 6.04 Å². The van der Waals surface area contributed by atoms with Crippen LogP contribution in [0.15, 0.2) is 57.7 Å². The number of nitrogens with zero attached hydrogens (tertiary/aromatic N) is 1. The number of rotatable bonds is 4. The fourth-order valence-corrected chi connectivity index (χ4v) is 3.06. The first-order chi connectivity index (χ1) is 11.9. The van der Waals surface area contributed by atoms with Crippen molar-refractivity contribution < 1.29 is 9.52 Å². The molecule has 0 radical (unpaired) electrons. The van der Waals surface area contributed by atoms with E-state index >= 15 is 0 Å². The maximum atomic E-state index is 12.3. The molecule has 1 heterocycles. The summed E-state index contributed by atoms with van der Waals surface area (Å²) in [6.07, 6.45) is -0.873. The first kappa shape index (κ1) is 17.4. The summed E-state index contributed by atoms with van der Waals surface area (Å²) in [5.41, 5.74) is 2.45. The fraction of sp³-hybridized carbons (Fsp3) is 0.286. The molecule has 130 valence electrons. The summed E-state index contributed by atoms with van der Waals surface area (Å²) in [4.78, 5) is 14.4. The van der Waals surface area contributed by atoms with Crippen LogP contribution in [0, 0.1) is 0 Å². The van der Waals surface area contributed by atoms with Gasteiger partial charge in [0.05, 0.1) is 5.39 Å². The topological polar surface area (TPSA) is 53.7 Å². The quantitative estimate of drug-likeness (QED) is 0.777. The highest BCUT2D eigenvalue weighted by atomic mass is 16.4. The Balaban J connectivity index is 2.32. The lowest BCUT2D eigenvalue weighted by Gasteiger charge is -2.21. The summed E-state index contributed by atoms with van der Waals surface area (Å²) in [7, 11) is 4.07. The lowest BCUT2D eigenvalue weighted by molar-refractivity contribution is 0.166. The number of benzene rings is 2. The van der Waals surface area contributed by atoms with Gasteiger partial charge in [-0.15, -0.1) is 0 Å². The molecule has 0 aliphatic rings. The van der Waals surface area contributed by atoms with E-state index in [0.717, 1.165) is 22.1 Å². The highest BCUT2D eigenvalue weighted by Gasteiger charge is 2.19. The minimum Gasteiger partial charge on any atom is -0.424 e. The smallest absolute Gasteiger partial charge is 0.343 e. The first-order valence-corrected chi connectivity index (χ1v) is 8.40. The van der Waals surface area contributed by atoms with E-state index in [9.17, 15) is 9.90 Å². The molecule has 0 bridgehead atoms. The van der Waals surface area contributed by atoms with E-state index in [2.05, 4.69) is 24.0 Å². The zero-order valence-corrected chi connectivity index (χ0v) is 15.0. The van der Waals surface area contributed by atoms with Crippen LogP contribution in [0.2, 0.25) is 0 Å².